The molecule has 1 saturated heterocycles. The summed E-state index contributed by atoms with van der Waals surface area (Å²) in [4.78, 5) is 2.17. The molecule has 1 aliphatic heterocycles. The predicted octanol–water partition coefficient (Wildman–Crippen LogP) is 1.76. The van der Waals surface area contributed by atoms with Gasteiger partial charge in [0.05, 0.1) is 12.7 Å². The van der Waals surface area contributed by atoms with Gasteiger partial charge in [0.25, 0.3) is 0 Å². The van der Waals surface area contributed by atoms with Crippen molar-refractivity contribution in [3.05, 3.63) is 35.1 Å². The number of aliphatic hydroxyl groups excluding tert-OH is 2. The number of hydrogen-bond acceptors (Lipinski definition) is 3. The van der Waals surface area contributed by atoms with E-state index in [2.05, 4.69) is 16.7 Å². The van der Waals surface area contributed by atoms with Gasteiger partial charge in [-0.1, -0.05) is 17.9 Å². The second-order valence-corrected chi connectivity index (χ2v) is 5.61. The molecule has 0 aromatic heterocycles. The van der Waals surface area contributed by atoms with Gasteiger partial charge in [-0.2, -0.15) is 0 Å². The van der Waals surface area contributed by atoms with Crippen LogP contribution in [0.1, 0.15) is 30.9 Å². The Morgan fingerprint density at radius 1 is 1.48 bits per heavy atom. The molecule has 0 aliphatic carbocycles. The summed E-state index contributed by atoms with van der Waals surface area (Å²) in [6.07, 6.45) is 1.06. The number of likely N-dealkylation sites (tertiary alicyclic amines) is 1. The molecule has 1 heterocycles. The van der Waals surface area contributed by atoms with Gasteiger partial charge in [-0.15, -0.1) is 0 Å². The van der Waals surface area contributed by atoms with Crippen LogP contribution in [0.2, 0.25) is 0 Å². The van der Waals surface area contributed by atoms with Crippen molar-refractivity contribution < 1.29 is 14.6 Å². The molecule has 1 aliphatic rings. The molecule has 0 radical (unpaired) electrons. The first-order valence-corrected chi connectivity index (χ1v) is 7.38. The first-order valence-electron chi connectivity index (χ1n) is 7.38. The lowest BCUT2D eigenvalue weighted by Gasteiger charge is -2.17. The first-order chi connectivity index (χ1) is 10.1. The Bertz CT molecular complexity index is 533. The molecule has 1 aromatic carbocycles. The Labute approximate surface area is 125 Å². The van der Waals surface area contributed by atoms with Crippen molar-refractivity contribution in [2.24, 2.45) is 5.92 Å². The van der Waals surface area contributed by atoms with E-state index in [-0.39, 0.29) is 24.4 Å². The van der Waals surface area contributed by atoms with Crippen LogP contribution in [0.3, 0.4) is 0 Å². The summed E-state index contributed by atoms with van der Waals surface area (Å²) in [5.41, 5.74) is 1.29. The second kappa shape index (κ2) is 7.56. The number of halogens is 1. The standard InChI is InChI=1S/C17H22FNO2/c1-13(21)15-7-8-19(11-15)12-16-6-5-14(10-17(16)18)4-2-3-9-20/h5-6,10,13,15,20-21H,3,7-9,11-12H2,1H3. The fourth-order valence-corrected chi connectivity index (χ4v) is 2.61. The smallest absolute Gasteiger partial charge is 0.128 e. The predicted molar refractivity (Wildman–Crippen MR) is 80.0 cm³/mol. The van der Waals surface area contributed by atoms with Crippen LogP contribution in [-0.2, 0) is 6.54 Å². The van der Waals surface area contributed by atoms with Crippen molar-refractivity contribution in [1.82, 2.24) is 4.90 Å². The highest BCUT2D eigenvalue weighted by atomic mass is 19.1. The zero-order chi connectivity index (χ0) is 15.2. The van der Waals surface area contributed by atoms with Crippen LogP contribution in [0.15, 0.2) is 18.2 Å². The first kappa shape index (κ1) is 16.0. The summed E-state index contributed by atoms with van der Waals surface area (Å²) in [6, 6.07) is 5.03. The van der Waals surface area contributed by atoms with Crippen LogP contribution in [-0.4, -0.2) is 40.9 Å². The van der Waals surface area contributed by atoms with E-state index in [4.69, 9.17) is 5.11 Å². The zero-order valence-electron chi connectivity index (χ0n) is 12.3. The van der Waals surface area contributed by atoms with Crippen molar-refractivity contribution in [3.63, 3.8) is 0 Å². The van der Waals surface area contributed by atoms with Crippen LogP contribution < -0.4 is 0 Å². The third-order valence-electron chi connectivity index (χ3n) is 3.91. The maximum atomic E-state index is 14.1. The molecule has 2 N–H and O–H groups in total. The highest BCUT2D eigenvalue weighted by molar-refractivity contribution is 5.37. The average Bonchev–Trinajstić information content (AvgIpc) is 2.91. The lowest BCUT2D eigenvalue weighted by Crippen LogP contribution is -2.24. The number of aliphatic hydroxyl groups is 2. The molecule has 1 aromatic rings. The fraction of sp³-hybridized carbons (Fsp3) is 0.529. The van der Waals surface area contributed by atoms with Crippen molar-refractivity contribution in [1.29, 1.82) is 0 Å². The molecular weight excluding hydrogens is 269 g/mol. The summed E-state index contributed by atoms with van der Waals surface area (Å²) in [7, 11) is 0. The number of rotatable bonds is 4. The third-order valence-corrected chi connectivity index (χ3v) is 3.91. The van der Waals surface area contributed by atoms with Crippen LogP contribution >= 0.6 is 0 Å². The molecule has 0 spiro atoms. The minimum Gasteiger partial charge on any atom is -0.395 e. The van der Waals surface area contributed by atoms with Crippen molar-refractivity contribution >= 4 is 0 Å². The van der Waals surface area contributed by atoms with Gasteiger partial charge in [-0.05, 0) is 37.9 Å². The maximum absolute atomic E-state index is 14.1. The van der Waals surface area contributed by atoms with Gasteiger partial charge in [0.15, 0.2) is 0 Å². The molecule has 0 saturated carbocycles. The highest BCUT2D eigenvalue weighted by Gasteiger charge is 2.26. The van der Waals surface area contributed by atoms with Gasteiger partial charge in [0.2, 0.25) is 0 Å². The summed E-state index contributed by atoms with van der Waals surface area (Å²) in [5, 5.41) is 18.3. The van der Waals surface area contributed by atoms with Gasteiger partial charge in [-0.3, -0.25) is 4.90 Å². The Balaban J connectivity index is 1.97. The summed E-state index contributed by atoms with van der Waals surface area (Å²) >= 11 is 0. The molecule has 2 unspecified atom stereocenters. The summed E-state index contributed by atoms with van der Waals surface area (Å²) in [6.45, 7) is 4.11. The molecule has 0 bridgehead atoms. The minimum absolute atomic E-state index is 0.0208. The van der Waals surface area contributed by atoms with E-state index >= 15 is 0 Å². The summed E-state index contributed by atoms with van der Waals surface area (Å²) < 4.78 is 14.1. The highest BCUT2D eigenvalue weighted by Crippen LogP contribution is 2.22. The minimum atomic E-state index is -0.302. The van der Waals surface area contributed by atoms with Crippen molar-refractivity contribution in [2.75, 3.05) is 19.7 Å². The third kappa shape index (κ3) is 4.53. The quantitative estimate of drug-likeness (QED) is 0.831. The second-order valence-electron chi connectivity index (χ2n) is 5.61. The normalized spacial score (nSPS) is 20.1. The Morgan fingerprint density at radius 2 is 2.29 bits per heavy atom. The van der Waals surface area contributed by atoms with Gasteiger partial charge in [0, 0.05) is 30.6 Å². The molecule has 3 nitrogen and oxygen atoms in total. The van der Waals surface area contributed by atoms with E-state index in [1.165, 1.54) is 6.07 Å². The van der Waals surface area contributed by atoms with Gasteiger partial charge >= 0.3 is 0 Å². The molecule has 4 heteroatoms. The lowest BCUT2D eigenvalue weighted by atomic mass is 10.0. The molecule has 114 valence electrons. The van der Waals surface area contributed by atoms with Gasteiger partial charge < -0.3 is 10.2 Å². The largest absolute Gasteiger partial charge is 0.395 e. The average molecular weight is 291 g/mol. The molecule has 21 heavy (non-hydrogen) atoms. The van der Waals surface area contributed by atoms with E-state index in [1.54, 1.807) is 6.07 Å². The lowest BCUT2D eigenvalue weighted by molar-refractivity contribution is 0.127. The van der Waals surface area contributed by atoms with Crippen molar-refractivity contribution in [2.45, 2.75) is 32.4 Å². The van der Waals surface area contributed by atoms with Crippen molar-refractivity contribution in [3.8, 4) is 11.8 Å². The molecule has 2 rings (SSSR count). The molecular formula is C17H22FNO2. The van der Waals surface area contributed by atoms with Crippen LogP contribution in [0.25, 0.3) is 0 Å². The Hall–Kier alpha value is -1.41. The summed E-state index contributed by atoms with van der Waals surface area (Å²) in [5.74, 6) is 5.66. The number of hydrogen-bond donors (Lipinski definition) is 2. The maximum Gasteiger partial charge on any atom is 0.128 e. The van der Waals surface area contributed by atoms with E-state index in [0.717, 1.165) is 19.5 Å². The fourth-order valence-electron chi connectivity index (χ4n) is 2.61. The van der Waals surface area contributed by atoms with Crippen LogP contribution in [0.5, 0.6) is 0 Å². The van der Waals surface area contributed by atoms with E-state index < -0.39 is 0 Å². The van der Waals surface area contributed by atoms with Crippen LogP contribution in [0.4, 0.5) is 4.39 Å². The van der Waals surface area contributed by atoms with E-state index in [0.29, 0.717) is 24.1 Å². The van der Waals surface area contributed by atoms with Gasteiger partial charge in [0.1, 0.15) is 5.82 Å². The van der Waals surface area contributed by atoms with E-state index in [1.807, 2.05) is 13.0 Å². The zero-order valence-corrected chi connectivity index (χ0v) is 12.3. The number of nitrogens with zero attached hydrogens (tertiary/aromatic N) is 1. The topological polar surface area (TPSA) is 43.7 Å². The number of benzene rings is 1. The monoisotopic (exact) mass is 291 g/mol. The molecule has 2 atom stereocenters. The Morgan fingerprint density at radius 3 is 2.90 bits per heavy atom. The molecule has 0 amide bonds. The SMILES string of the molecule is CC(O)C1CCN(Cc2ccc(C#CCCO)cc2F)C1. The van der Waals surface area contributed by atoms with Gasteiger partial charge in [-0.25, -0.2) is 4.39 Å². The van der Waals surface area contributed by atoms with Crippen LogP contribution in [0, 0.1) is 23.6 Å². The van der Waals surface area contributed by atoms with E-state index in [9.17, 15) is 9.50 Å². The Kier molecular flexibility index (Phi) is 5.75. The molecule has 1 fully saturated rings.